The lowest BCUT2D eigenvalue weighted by Gasteiger charge is -2.41. The molecule has 0 unspecified atom stereocenters. The van der Waals surface area contributed by atoms with E-state index < -0.39 is 6.04 Å². The third-order valence-electron chi connectivity index (χ3n) is 6.01. The van der Waals surface area contributed by atoms with Crippen LogP contribution in [0.1, 0.15) is 40.0 Å². The van der Waals surface area contributed by atoms with E-state index in [9.17, 15) is 9.59 Å². The molecule has 32 heavy (non-hydrogen) atoms. The molecule has 1 heterocycles. The molecule has 1 aliphatic rings. The first-order valence-electron chi connectivity index (χ1n) is 11.1. The Morgan fingerprint density at radius 1 is 0.875 bits per heavy atom. The Hall–Kier alpha value is -3.44. The number of carbonyl (C=O) groups excluding carboxylic acids is 2. The lowest BCUT2D eigenvalue weighted by atomic mass is 9.99. The molecule has 1 N–H and O–H groups in total. The highest BCUT2D eigenvalue weighted by molar-refractivity contribution is 5.94. The smallest absolute Gasteiger partial charge is 0.251 e. The topological polar surface area (TPSA) is 52.6 Å². The Kier molecular flexibility index (Phi) is 6.97. The Labute approximate surface area is 189 Å². The van der Waals surface area contributed by atoms with Crippen LogP contribution in [0.3, 0.4) is 0 Å². The van der Waals surface area contributed by atoms with Crippen LogP contribution in [-0.2, 0) is 4.79 Å². The number of benzene rings is 3. The van der Waals surface area contributed by atoms with Gasteiger partial charge in [0.15, 0.2) is 0 Å². The van der Waals surface area contributed by atoms with Gasteiger partial charge in [0.2, 0.25) is 5.91 Å². The Balaban J connectivity index is 1.55. The van der Waals surface area contributed by atoms with E-state index in [0.717, 1.165) is 24.2 Å². The number of nitrogens with zero attached hydrogens (tertiary/aromatic N) is 2. The lowest BCUT2D eigenvalue weighted by molar-refractivity contribution is -0.136. The van der Waals surface area contributed by atoms with Crippen LogP contribution >= 0.6 is 0 Å². The normalized spacial score (nSPS) is 17.5. The van der Waals surface area contributed by atoms with Crippen LogP contribution < -0.4 is 5.32 Å². The molecule has 1 aliphatic heterocycles. The van der Waals surface area contributed by atoms with Crippen molar-refractivity contribution in [2.45, 2.75) is 18.5 Å². The van der Waals surface area contributed by atoms with E-state index in [4.69, 9.17) is 0 Å². The molecule has 0 spiro atoms. The average Bonchev–Trinajstić information content (AvgIpc) is 2.85. The van der Waals surface area contributed by atoms with E-state index in [0.29, 0.717) is 12.1 Å². The first kappa shape index (κ1) is 21.8. The number of amides is 2. The summed E-state index contributed by atoms with van der Waals surface area (Å²) in [6, 6.07) is 28.6. The molecule has 5 heteroatoms. The van der Waals surface area contributed by atoms with Gasteiger partial charge in [-0.25, -0.2) is 0 Å². The maximum absolute atomic E-state index is 13.5. The predicted octanol–water partition coefficient (Wildman–Crippen LogP) is 4.06. The molecule has 4 rings (SSSR count). The molecule has 3 aromatic rings. The van der Waals surface area contributed by atoms with Crippen molar-refractivity contribution in [2.24, 2.45) is 0 Å². The molecule has 0 saturated carbocycles. The fourth-order valence-corrected chi connectivity index (χ4v) is 4.24. The number of rotatable bonds is 6. The van der Waals surface area contributed by atoms with E-state index in [1.807, 2.05) is 71.6 Å². The summed E-state index contributed by atoms with van der Waals surface area (Å²) in [4.78, 5) is 30.6. The van der Waals surface area contributed by atoms with Crippen molar-refractivity contribution in [1.29, 1.82) is 0 Å². The van der Waals surface area contributed by atoms with E-state index in [1.165, 1.54) is 0 Å². The molecule has 0 radical (unpaired) electrons. The summed E-state index contributed by atoms with van der Waals surface area (Å²) in [6.07, 6.45) is 0.218. The summed E-state index contributed by atoms with van der Waals surface area (Å²) in [5.41, 5.74) is 2.65. The minimum absolute atomic E-state index is 0.00342. The maximum atomic E-state index is 13.5. The molecule has 2 atom stereocenters. The summed E-state index contributed by atoms with van der Waals surface area (Å²) in [7, 11) is 2.09. The molecule has 3 aromatic carbocycles. The summed E-state index contributed by atoms with van der Waals surface area (Å²) in [5.74, 6) is -0.126. The zero-order valence-corrected chi connectivity index (χ0v) is 18.4. The van der Waals surface area contributed by atoms with Gasteiger partial charge in [0.1, 0.15) is 0 Å². The highest BCUT2D eigenvalue weighted by atomic mass is 16.2. The second kappa shape index (κ2) is 10.2. The second-order valence-electron chi connectivity index (χ2n) is 8.28. The SMILES string of the molecule is CN1CCN(C(=O)C[C@@H](NC(=O)c2ccccc2)c2ccccc2)[C@@H](c2ccccc2)C1. The summed E-state index contributed by atoms with van der Waals surface area (Å²) < 4.78 is 0. The first-order valence-corrected chi connectivity index (χ1v) is 11.1. The van der Waals surface area contributed by atoms with Crippen molar-refractivity contribution < 1.29 is 9.59 Å². The van der Waals surface area contributed by atoms with Crippen molar-refractivity contribution in [1.82, 2.24) is 15.1 Å². The quantitative estimate of drug-likeness (QED) is 0.645. The van der Waals surface area contributed by atoms with Crippen molar-refractivity contribution >= 4 is 11.8 Å². The fraction of sp³-hybridized carbons (Fsp3) is 0.259. The van der Waals surface area contributed by atoms with Gasteiger partial charge in [0.25, 0.3) is 5.91 Å². The van der Waals surface area contributed by atoms with Crippen molar-refractivity contribution in [3.8, 4) is 0 Å². The van der Waals surface area contributed by atoms with Gasteiger partial charge in [-0.1, -0.05) is 78.9 Å². The number of hydrogen-bond donors (Lipinski definition) is 1. The number of piperazine rings is 1. The summed E-state index contributed by atoms with van der Waals surface area (Å²) >= 11 is 0. The summed E-state index contributed by atoms with van der Waals surface area (Å²) in [6.45, 7) is 2.30. The molecule has 0 bridgehead atoms. The van der Waals surface area contributed by atoms with Crippen molar-refractivity contribution in [3.63, 3.8) is 0 Å². The van der Waals surface area contributed by atoms with E-state index in [1.54, 1.807) is 12.1 Å². The van der Waals surface area contributed by atoms with Crippen LogP contribution in [0, 0.1) is 0 Å². The molecule has 5 nitrogen and oxygen atoms in total. The number of carbonyl (C=O) groups is 2. The van der Waals surface area contributed by atoms with Gasteiger partial charge in [-0.2, -0.15) is 0 Å². The molecule has 0 aliphatic carbocycles. The Bertz CT molecular complexity index is 1020. The van der Waals surface area contributed by atoms with Crippen LogP contribution in [0.2, 0.25) is 0 Å². The first-order chi connectivity index (χ1) is 15.6. The van der Waals surface area contributed by atoms with Gasteiger partial charge in [0, 0.05) is 25.2 Å². The molecule has 2 amide bonds. The maximum Gasteiger partial charge on any atom is 0.251 e. The van der Waals surface area contributed by atoms with Gasteiger partial charge in [-0.05, 0) is 30.3 Å². The van der Waals surface area contributed by atoms with Gasteiger partial charge < -0.3 is 15.1 Å². The fourth-order valence-electron chi connectivity index (χ4n) is 4.24. The largest absolute Gasteiger partial charge is 0.345 e. The van der Waals surface area contributed by atoms with Crippen LogP contribution in [0.5, 0.6) is 0 Å². The van der Waals surface area contributed by atoms with E-state index >= 15 is 0 Å². The molecule has 0 aromatic heterocycles. The molecule has 1 fully saturated rings. The van der Waals surface area contributed by atoms with Crippen LogP contribution in [0.4, 0.5) is 0 Å². The average molecular weight is 428 g/mol. The Morgan fingerprint density at radius 2 is 1.47 bits per heavy atom. The zero-order valence-electron chi connectivity index (χ0n) is 18.4. The minimum atomic E-state index is -0.396. The van der Waals surface area contributed by atoms with Crippen LogP contribution in [0.15, 0.2) is 91.0 Å². The van der Waals surface area contributed by atoms with Gasteiger partial charge >= 0.3 is 0 Å². The predicted molar refractivity (Wildman–Crippen MR) is 126 cm³/mol. The highest BCUT2D eigenvalue weighted by Gasteiger charge is 2.32. The number of nitrogens with one attached hydrogen (secondary N) is 1. The number of likely N-dealkylation sites (N-methyl/N-ethyl adjacent to an activating group) is 1. The molecule has 164 valence electrons. The molecule has 1 saturated heterocycles. The number of hydrogen-bond acceptors (Lipinski definition) is 3. The van der Waals surface area contributed by atoms with Crippen LogP contribution in [-0.4, -0.2) is 48.3 Å². The highest BCUT2D eigenvalue weighted by Crippen LogP contribution is 2.28. The standard InChI is InChI=1S/C27H29N3O2/c1-29-17-18-30(25(20-29)22-13-7-3-8-14-22)26(31)19-24(21-11-5-2-6-12-21)28-27(32)23-15-9-4-10-16-23/h2-16,24-25H,17-20H2,1H3,(H,28,32)/t24-,25-/m1/s1. The summed E-state index contributed by atoms with van der Waals surface area (Å²) in [5, 5.41) is 3.09. The van der Waals surface area contributed by atoms with Crippen molar-refractivity contribution in [2.75, 3.05) is 26.7 Å². The van der Waals surface area contributed by atoms with Gasteiger partial charge in [-0.3, -0.25) is 9.59 Å². The van der Waals surface area contributed by atoms with Gasteiger partial charge in [-0.15, -0.1) is 0 Å². The Morgan fingerprint density at radius 3 is 2.12 bits per heavy atom. The monoisotopic (exact) mass is 427 g/mol. The second-order valence-corrected chi connectivity index (χ2v) is 8.28. The third-order valence-corrected chi connectivity index (χ3v) is 6.01. The van der Waals surface area contributed by atoms with E-state index in [-0.39, 0.29) is 24.3 Å². The van der Waals surface area contributed by atoms with Crippen molar-refractivity contribution in [3.05, 3.63) is 108 Å². The van der Waals surface area contributed by atoms with Gasteiger partial charge in [0.05, 0.1) is 18.5 Å². The van der Waals surface area contributed by atoms with E-state index in [2.05, 4.69) is 29.4 Å². The molecular formula is C27H29N3O2. The lowest BCUT2D eigenvalue weighted by Crippen LogP contribution is -2.50. The third kappa shape index (κ3) is 5.24. The zero-order chi connectivity index (χ0) is 22.3. The van der Waals surface area contributed by atoms with Crippen LogP contribution in [0.25, 0.3) is 0 Å². The minimum Gasteiger partial charge on any atom is -0.345 e. The molecular weight excluding hydrogens is 398 g/mol.